The second-order valence-electron chi connectivity index (χ2n) is 5.15. The third-order valence-electron chi connectivity index (χ3n) is 3.71. The molecule has 21 heavy (non-hydrogen) atoms. The quantitative estimate of drug-likeness (QED) is 0.769. The molecule has 0 amide bonds. The van der Waals surface area contributed by atoms with Crippen LogP contribution in [0.4, 0.5) is 0 Å². The molecule has 2 aromatic rings. The van der Waals surface area contributed by atoms with Crippen molar-refractivity contribution >= 4 is 11.3 Å². The molecule has 1 heterocycles. The van der Waals surface area contributed by atoms with E-state index in [1.54, 1.807) is 7.11 Å². The summed E-state index contributed by atoms with van der Waals surface area (Å²) in [5.74, 6) is 0.924. The first-order valence-corrected chi connectivity index (χ1v) is 8.53. The van der Waals surface area contributed by atoms with Crippen LogP contribution in [0.1, 0.15) is 41.6 Å². The van der Waals surface area contributed by atoms with E-state index in [0.29, 0.717) is 6.04 Å². The molecular weight excluding hydrogens is 278 g/mol. The number of methoxy groups -OCH3 is 1. The highest BCUT2D eigenvalue weighted by Gasteiger charge is 2.12. The number of rotatable bonds is 8. The van der Waals surface area contributed by atoms with Gasteiger partial charge in [0.25, 0.3) is 0 Å². The van der Waals surface area contributed by atoms with Gasteiger partial charge in [0.1, 0.15) is 5.75 Å². The zero-order valence-electron chi connectivity index (χ0n) is 13.2. The van der Waals surface area contributed by atoms with Crippen LogP contribution in [-0.2, 0) is 12.8 Å². The Kier molecular flexibility index (Phi) is 6.27. The molecule has 0 saturated carbocycles. The molecule has 114 valence electrons. The minimum Gasteiger partial charge on any atom is -0.497 e. The fourth-order valence-electron chi connectivity index (χ4n) is 2.47. The summed E-state index contributed by atoms with van der Waals surface area (Å²) in [6, 6.07) is 13.4. The Morgan fingerprint density at radius 2 is 1.86 bits per heavy atom. The van der Waals surface area contributed by atoms with Gasteiger partial charge in [-0.1, -0.05) is 26.0 Å². The Morgan fingerprint density at radius 1 is 1.10 bits per heavy atom. The van der Waals surface area contributed by atoms with Gasteiger partial charge in [-0.15, -0.1) is 11.3 Å². The molecule has 0 radical (unpaired) electrons. The number of thiophene rings is 1. The van der Waals surface area contributed by atoms with Gasteiger partial charge in [-0.25, -0.2) is 0 Å². The molecule has 1 atom stereocenters. The van der Waals surface area contributed by atoms with E-state index in [9.17, 15) is 0 Å². The third kappa shape index (κ3) is 4.58. The fraction of sp³-hybridized carbons (Fsp3) is 0.444. The zero-order chi connectivity index (χ0) is 15.1. The summed E-state index contributed by atoms with van der Waals surface area (Å²) in [4.78, 5) is 2.93. The summed E-state index contributed by atoms with van der Waals surface area (Å²) < 4.78 is 5.21. The monoisotopic (exact) mass is 303 g/mol. The van der Waals surface area contributed by atoms with Crippen molar-refractivity contribution in [2.45, 2.75) is 39.2 Å². The number of ether oxygens (including phenoxy) is 1. The molecule has 1 aromatic heterocycles. The van der Waals surface area contributed by atoms with Crippen molar-refractivity contribution in [1.29, 1.82) is 0 Å². The summed E-state index contributed by atoms with van der Waals surface area (Å²) in [5.41, 5.74) is 1.37. The highest BCUT2D eigenvalue weighted by atomic mass is 32.1. The fourth-order valence-corrected chi connectivity index (χ4v) is 3.53. The maximum absolute atomic E-state index is 5.21. The SMILES string of the molecule is CCNC(CCc1ccc(OC)cc1)c1ccc(CC)s1. The van der Waals surface area contributed by atoms with Crippen LogP contribution in [0.15, 0.2) is 36.4 Å². The van der Waals surface area contributed by atoms with Crippen molar-refractivity contribution in [2.24, 2.45) is 0 Å². The number of hydrogen-bond acceptors (Lipinski definition) is 3. The Hall–Kier alpha value is -1.32. The molecule has 2 rings (SSSR count). The summed E-state index contributed by atoms with van der Waals surface area (Å²) in [6.45, 7) is 5.40. The first-order chi connectivity index (χ1) is 10.3. The summed E-state index contributed by atoms with van der Waals surface area (Å²) >= 11 is 1.94. The topological polar surface area (TPSA) is 21.3 Å². The van der Waals surface area contributed by atoms with Crippen molar-refractivity contribution in [3.63, 3.8) is 0 Å². The molecule has 1 N–H and O–H groups in total. The lowest BCUT2D eigenvalue weighted by atomic mass is 10.0. The van der Waals surface area contributed by atoms with E-state index >= 15 is 0 Å². The van der Waals surface area contributed by atoms with Gasteiger partial charge < -0.3 is 10.1 Å². The van der Waals surface area contributed by atoms with Crippen LogP contribution in [0.5, 0.6) is 5.75 Å². The molecule has 0 aliphatic rings. The predicted molar refractivity (Wildman–Crippen MR) is 91.4 cm³/mol. The minimum absolute atomic E-state index is 0.461. The van der Waals surface area contributed by atoms with Crippen LogP contribution in [0.25, 0.3) is 0 Å². The molecule has 1 aromatic carbocycles. The number of nitrogens with one attached hydrogen (secondary N) is 1. The van der Waals surface area contributed by atoms with Crippen LogP contribution in [-0.4, -0.2) is 13.7 Å². The molecule has 0 saturated heterocycles. The van der Waals surface area contributed by atoms with E-state index in [2.05, 4.69) is 43.4 Å². The second-order valence-corrected chi connectivity index (χ2v) is 6.35. The first-order valence-electron chi connectivity index (χ1n) is 7.71. The van der Waals surface area contributed by atoms with E-state index in [4.69, 9.17) is 4.74 Å². The Labute approximate surface area is 132 Å². The second kappa shape index (κ2) is 8.20. The highest BCUT2D eigenvalue weighted by Crippen LogP contribution is 2.27. The first kappa shape index (κ1) is 16.1. The Morgan fingerprint density at radius 3 is 2.43 bits per heavy atom. The largest absolute Gasteiger partial charge is 0.497 e. The molecular formula is C18H25NOS. The van der Waals surface area contributed by atoms with Gasteiger partial charge in [-0.2, -0.15) is 0 Å². The number of hydrogen-bond donors (Lipinski definition) is 1. The van der Waals surface area contributed by atoms with Gasteiger partial charge in [-0.05, 0) is 55.6 Å². The van der Waals surface area contributed by atoms with Crippen molar-refractivity contribution in [2.75, 3.05) is 13.7 Å². The van der Waals surface area contributed by atoms with Crippen molar-refractivity contribution in [3.05, 3.63) is 51.7 Å². The predicted octanol–water partition coefficient (Wildman–Crippen LogP) is 4.60. The maximum Gasteiger partial charge on any atom is 0.118 e. The van der Waals surface area contributed by atoms with Gasteiger partial charge in [0, 0.05) is 15.8 Å². The lowest BCUT2D eigenvalue weighted by molar-refractivity contribution is 0.414. The smallest absolute Gasteiger partial charge is 0.118 e. The van der Waals surface area contributed by atoms with Crippen LogP contribution in [0.2, 0.25) is 0 Å². The van der Waals surface area contributed by atoms with Gasteiger partial charge in [0.15, 0.2) is 0 Å². The maximum atomic E-state index is 5.21. The van der Waals surface area contributed by atoms with Gasteiger partial charge >= 0.3 is 0 Å². The summed E-state index contributed by atoms with van der Waals surface area (Å²) in [6.07, 6.45) is 3.34. The molecule has 0 spiro atoms. The Bertz CT molecular complexity index is 532. The molecule has 2 nitrogen and oxygen atoms in total. The van der Waals surface area contributed by atoms with Crippen LogP contribution < -0.4 is 10.1 Å². The minimum atomic E-state index is 0.461. The van der Waals surface area contributed by atoms with Gasteiger partial charge in [-0.3, -0.25) is 0 Å². The van der Waals surface area contributed by atoms with Crippen molar-refractivity contribution in [3.8, 4) is 5.75 Å². The zero-order valence-corrected chi connectivity index (χ0v) is 14.0. The van der Waals surface area contributed by atoms with Crippen LogP contribution >= 0.6 is 11.3 Å². The van der Waals surface area contributed by atoms with Crippen molar-refractivity contribution < 1.29 is 4.74 Å². The average Bonchev–Trinajstić information content (AvgIpc) is 3.01. The molecule has 0 aliphatic carbocycles. The third-order valence-corrected chi connectivity index (χ3v) is 5.05. The molecule has 0 aliphatic heterocycles. The molecule has 0 fully saturated rings. The lowest BCUT2D eigenvalue weighted by Crippen LogP contribution is -2.20. The molecule has 1 unspecified atom stereocenters. The molecule has 0 bridgehead atoms. The van der Waals surface area contributed by atoms with Gasteiger partial charge in [0.05, 0.1) is 7.11 Å². The van der Waals surface area contributed by atoms with Crippen molar-refractivity contribution in [1.82, 2.24) is 5.32 Å². The van der Waals surface area contributed by atoms with Gasteiger partial charge in [0.2, 0.25) is 0 Å². The average molecular weight is 303 g/mol. The number of aryl methyl sites for hydroxylation is 2. The normalized spacial score (nSPS) is 12.3. The van der Waals surface area contributed by atoms with E-state index < -0.39 is 0 Å². The molecule has 3 heteroatoms. The summed E-state index contributed by atoms with van der Waals surface area (Å²) in [7, 11) is 1.71. The standard InChI is InChI=1S/C18H25NOS/c1-4-16-11-13-18(21-16)17(19-5-2)12-8-14-6-9-15(20-3)10-7-14/h6-7,9-11,13,17,19H,4-5,8,12H2,1-3H3. The van der Waals surface area contributed by atoms with Crippen LogP contribution in [0.3, 0.4) is 0 Å². The van der Waals surface area contributed by atoms with E-state index in [1.165, 1.54) is 15.3 Å². The lowest BCUT2D eigenvalue weighted by Gasteiger charge is -2.16. The Balaban J connectivity index is 1.98. The van der Waals surface area contributed by atoms with E-state index in [-0.39, 0.29) is 0 Å². The van der Waals surface area contributed by atoms with E-state index in [1.807, 2.05) is 23.5 Å². The number of benzene rings is 1. The highest BCUT2D eigenvalue weighted by molar-refractivity contribution is 7.12. The van der Waals surface area contributed by atoms with E-state index in [0.717, 1.165) is 31.6 Å². The summed E-state index contributed by atoms with van der Waals surface area (Å²) in [5, 5.41) is 3.61. The van der Waals surface area contributed by atoms with Crippen LogP contribution in [0, 0.1) is 0 Å².